The fourth-order valence-electron chi connectivity index (χ4n) is 3.06. The molecule has 17 heavy (non-hydrogen) atoms. The van der Waals surface area contributed by atoms with Gasteiger partial charge in [0, 0.05) is 25.0 Å². The monoisotopic (exact) mass is 238 g/mol. The second-order valence-electron chi connectivity index (χ2n) is 5.84. The van der Waals surface area contributed by atoms with Crippen molar-refractivity contribution in [3.8, 4) is 0 Å². The summed E-state index contributed by atoms with van der Waals surface area (Å²) in [4.78, 5) is 11.8. The lowest BCUT2D eigenvalue weighted by atomic mass is 10.00. The fourth-order valence-corrected chi connectivity index (χ4v) is 3.06. The van der Waals surface area contributed by atoms with E-state index in [1.54, 1.807) is 0 Å². The summed E-state index contributed by atoms with van der Waals surface area (Å²) in [5.74, 6) is 1.09. The molecule has 98 valence electrons. The van der Waals surface area contributed by atoms with E-state index in [0.29, 0.717) is 12.1 Å². The topological polar surface area (TPSA) is 41.1 Å². The molecule has 0 aromatic rings. The maximum atomic E-state index is 11.8. The molecule has 2 fully saturated rings. The molecule has 2 N–H and O–H groups in total. The zero-order valence-electron chi connectivity index (χ0n) is 11.0. The third-order valence-corrected chi connectivity index (χ3v) is 4.28. The van der Waals surface area contributed by atoms with Crippen LogP contribution in [0.4, 0.5) is 0 Å². The lowest BCUT2D eigenvalue weighted by Crippen LogP contribution is -2.48. The van der Waals surface area contributed by atoms with Gasteiger partial charge in [0.15, 0.2) is 0 Å². The van der Waals surface area contributed by atoms with Crippen LogP contribution in [-0.4, -0.2) is 24.5 Å². The number of amides is 1. The number of nitrogens with one attached hydrogen (secondary N) is 2. The highest BCUT2D eigenvalue weighted by Gasteiger charge is 2.20. The van der Waals surface area contributed by atoms with E-state index in [4.69, 9.17) is 0 Å². The van der Waals surface area contributed by atoms with Crippen molar-refractivity contribution in [2.45, 2.75) is 70.4 Å². The quantitative estimate of drug-likeness (QED) is 0.788. The van der Waals surface area contributed by atoms with Gasteiger partial charge in [-0.15, -0.1) is 0 Å². The van der Waals surface area contributed by atoms with Gasteiger partial charge in [-0.3, -0.25) is 4.79 Å². The number of hydrogen-bond donors (Lipinski definition) is 2. The van der Waals surface area contributed by atoms with E-state index in [1.165, 1.54) is 32.1 Å². The molecule has 1 amide bonds. The van der Waals surface area contributed by atoms with Crippen molar-refractivity contribution in [3.63, 3.8) is 0 Å². The molecule has 1 aliphatic carbocycles. The first kappa shape index (κ1) is 12.9. The van der Waals surface area contributed by atoms with E-state index in [-0.39, 0.29) is 5.91 Å². The summed E-state index contributed by atoms with van der Waals surface area (Å²) >= 11 is 0. The van der Waals surface area contributed by atoms with Gasteiger partial charge in [-0.25, -0.2) is 0 Å². The molecule has 3 nitrogen and oxygen atoms in total. The zero-order valence-corrected chi connectivity index (χ0v) is 11.0. The summed E-state index contributed by atoms with van der Waals surface area (Å²) in [5.41, 5.74) is 0. The van der Waals surface area contributed by atoms with E-state index in [1.807, 2.05) is 0 Å². The predicted octanol–water partition coefficient (Wildman–Crippen LogP) is 2.21. The molecule has 1 aliphatic heterocycles. The van der Waals surface area contributed by atoms with Crippen LogP contribution in [0, 0.1) is 5.92 Å². The third kappa shape index (κ3) is 4.30. The zero-order chi connectivity index (χ0) is 12.1. The molecule has 2 rings (SSSR count). The molecule has 0 bridgehead atoms. The van der Waals surface area contributed by atoms with Gasteiger partial charge in [0.1, 0.15) is 0 Å². The highest BCUT2D eigenvalue weighted by atomic mass is 16.1. The molecular formula is C14H26N2O. The van der Waals surface area contributed by atoms with Crippen LogP contribution >= 0.6 is 0 Å². The Morgan fingerprint density at radius 1 is 1.24 bits per heavy atom. The van der Waals surface area contributed by atoms with Crippen LogP contribution in [0.1, 0.15) is 58.3 Å². The van der Waals surface area contributed by atoms with Crippen LogP contribution in [0.5, 0.6) is 0 Å². The van der Waals surface area contributed by atoms with Gasteiger partial charge >= 0.3 is 0 Å². The summed E-state index contributed by atoms with van der Waals surface area (Å²) in [6.07, 6.45) is 9.56. The first-order valence-electron chi connectivity index (χ1n) is 7.27. The maximum absolute atomic E-state index is 11.8. The van der Waals surface area contributed by atoms with Gasteiger partial charge in [-0.05, 0) is 32.1 Å². The molecule has 0 aromatic heterocycles. The molecule has 1 saturated carbocycles. The molecular weight excluding hydrogens is 212 g/mol. The first-order chi connectivity index (χ1) is 8.24. The lowest BCUT2D eigenvalue weighted by Gasteiger charge is -2.28. The number of hydrogen-bond acceptors (Lipinski definition) is 2. The highest BCUT2D eigenvalue weighted by Crippen LogP contribution is 2.28. The standard InChI is InChI=1S/C14H26N2O/c1-11-6-8-13(10-15-11)16-14(17)9-7-12-4-2-3-5-12/h11-13,15H,2-10H2,1H3,(H,16,17). The van der Waals surface area contributed by atoms with Crippen LogP contribution < -0.4 is 10.6 Å². The molecule has 2 aliphatic rings. The molecule has 0 radical (unpaired) electrons. The minimum atomic E-state index is 0.262. The van der Waals surface area contributed by atoms with Crippen LogP contribution in [-0.2, 0) is 4.79 Å². The Kier molecular flexibility index (Phi) is 4.84. The van der Waals surface area contributed by atoms with Crippen LogP contribution in [0.3, 0.4) is 0 Å². The summed E-state index contributed by atoms with van der Waals surface area (Å²) in [7, 11) is 0. The normalized spacial score (nSPS) is 30.4. The van der Waals surface area contributed by atoms with E-state index < -0.39 is 0 Å². The number of rotatable bonds is 4. The van der Waals surface area contributed by atoms with Crippen molar-refractivity contribution in [1.29, 1.82) is 0 Å². The number of carbonyl (C=O) groups excluding carboxylic acids is 1. The Labute approximate surface area is 105 Å². The van der Waals surface area contributed by atoms with Crippen LogP contribution in [0.15, 0.2) is 0 Å². The molecule has 1 saturated heterocycles. The van der Waals surface area contributed by atoms with Crippen molar-refractivity contribution in [2.24, 2.45) is 5.92 Å². The summed E-state index contributed by atoms with van der Waals surface area (Å²) in [5, 5.41) is 6.58. The largest absolute Gasteiger partial charge is 0.352 e. The highest BCUT2D eigenvalue weighted by molar-refractivity contribution is 5.76. The minimum absolute atomic E-state index is 0.262. The van der Waals surface area contributed by atoms with Crippen LogP contribution in [0.25, 0.3) is 0 Å². The minimum Gasteiger partial charge on any atom is -0.352 e. The second-order valence-corrected chi connectivity index (χ2v) is 5.84. The van der Waals surface area contributed by atoms with Gasteiger partial charge in [0.05, 0.1) is 0 Å². The van der Waals surface area contributed by atoms with Crippen molar-refractivity contribution in [1.82, 2.24) is 10.6 Å². The summed E-state index contributed by atoms with van der Waals surface area (Å²) < 4.78 is 0. The Bertz CT molecular complexity index is 241. The Hall–Kier alpha value is -0.570. The molecule has 1 heterocycles. The number of carbonyl (C=O) groups is 1. The maximum Gasteiger partial charge on any atom is 0.220 e. The third-order valence-electron chi connectivity index (χ3n) is 4.28. The van der Waals surface area contributed by atoms with Crippen LogP contribution in [0.2, 0.25) is 0 Å². The SMILES string of the molecule is CC1CCC(NC(=O)CCC2CCCC2)CN1. The first-order valence-corrected chi connectivity index (χ1v) is 7.27. The van der Waals surface area contributed by atoms with Gasteiger partial charge in [0.25, 0.3) is 0 Å². The van der Waals surface area contributed by atoms with Crippen molar-refractivity contribution in [2.75, 3.05) is 6.54 Å². The smallest absolute Gasteiger partial charge is 0.220 e. The fraction of sp³-hybridized carbons (Fsp3) is 0.929. The summed E-state index contributed by atoms with van der Waals surface area (Å²) in [6.45, 7) is 3.15. The van der Waals surface area contributed by atoms with E-state index in [2.05, 4.69) is 17.6 Å². The lowest BCUT2D eigenvalue weighted by molar-refractivity contribution is -0.122. The average molecular weight is 238 g/mol. The van der Waals surface area contributed by atoms with Crippen molar-refractivity contribution >= 4 is 5.91 Å². The van der Waals surface area contributed by atoms with Crippen molar-refractivity contribution < 1.29 is 4.79 Å². The Morgan fingerprint density at radius 3 is 2.65 bits per heavy atom. The van der Waals surface area contributed by atoms with E-state index in [9.17, 15) is 4.79 Å². The molecule has 3 heteroatoms. The van der Waals surface area contributed by atoms with Gasteiger partial charge < -0.3 is 10.6 Å². The Morgan fingerprint density at radius 2 is 2.00 bits per heavy atom. The second kappa shape index (κ2) is 6.39. The average Bonchev–Trinajstić information content (AvgIpc) is 2.83. The van der Waals surface area contributed by atoms with Crippen molar-refractivity contribution in [3.05, 3.63) is 0 Å². The number of piperidine rings is 1. The predicted molar refractivity (Wildman–Crippen MR) is 69.8 cm³/mol. The Balaban J connectivity index is 1.60. The molecule has 0 aromatic carbocycles. The van der Waals surface area contributed by atoms with E-state index >= 15 is 0 Å². The molecule has 2 atom stereocenters. The van der Waals surface area contributed by atoms with E-state index in [0.717, 1.165) is 31.7 Å². The van der Waals surface area contributed by atoms with Gasteiger partial charge in [-0.2, -0.15) is 0 Å². The summed E-state index contributed by atoms with van der Waals surface area (Å²) in [6, 6.07) is 0.976. The van der Waals surface area contributed by atoms with Gasteiger partial charge in [0.2, 0.25) is 5.91 Å². The molecule has 2 unspecified atom stereocenters. The molecule has 0 spiro atoms. The van der Waals surface area contributed by atoms with Gasteiger partial charge in [-0.1, -0.05) is 25.7 Å².